The fraction of sp³-hybridized carbons (Fsp3) is 0.308. The van der Waals surface area contributed by atoms with E-state index in [0.29, 0.717) is 19.1 Å². The third-order valence-corrected chi connectivity index (χ3v) is 2.72. The highest BCUT2D eigenvalue weighted by Crippen LogP contribution is 2.21. The molecule has 1 aromatic heterocycles. The van der Waals surface area contributed by atoms with E-state index in [4.69, 9.17) is 4.74 Å². The zero-order valence-corrected chi connectivity index (χ0v) is 10.8. The monoisotopic (exact) mass is 267 g/mol. The van der Waals surface area contributed by atoms with E-state index in [9.17, 15) is 8.78 Å². The molecule has 4 nitrogen and oxygen atoms in total. The summed E-state index contributed by atoms with van der Waals surface area (Å²) in [6, 6.07) is 2.33. The molecule has 0 spiro atoms. The van der Waals surface area contributed by atoms with Gasteiger partial charge < -0.3 is 10.1 Å². The maximum Gasteiger partial charge on any atom is 0.207 e. The number of aryl methyl sites for hydroxylation is 1. The van der Waals surface area contributed by atoms with Crippen LogP contribution in [0.2, 0.25) is 0 Å². The molecule has 0 atom stereocenters. The SMILES string of the molecule is COCCNc1nccn1-c1cc(F)c(C)cc1F. The summed E-state index contributed by atoms with van der Waals surface area (Å²) in [6.07, 6.45) is 3.09. The van der Waals surface area contributed by atoms with Crippen LogP contribution in [-0.2, 0) is 4.74 Å². The first kappa shape index (κ1) is 13.5. The summed E-state index contributed by atoms with van der Waals surface area (Å²) >= 11 is 0. The molecule has 0 aliphatic heterocycles. The number of hydrogen-bond donors (Lipinski definition) is 1. The molecule has 0 radical (unpaired) electrons. The molecule has 0 aliphatic rings. The lowest BCUT2D eigenvalue weighted by Gasteiger charge is -2.11. The van der Waals surface area contributed by atoms with E-state index in [1.165, 1.54) is 23.8 Å². The molecule has 6 heteroatoms. The van der Waals surface area contributed by atoms with Gasteiger partial charge in [0.05, 0.1) is 12.3 Å². The Balaban J connectivity index is 2.32. The van der Waals surface area contributed by atoms with Crippen LogP contribution in [0.5, 0.6) is 0 Å². The van der Waals surface area contributed by atoms with E-state index >= 15 is 0 Å². The Bertz CT molecular complexity index is 569. The first-order valence-electron chi connectivity index (χ1n) is 5.85. The molecule has 2 rings (SSSR count). The fourth-order valence-electron chi connectivity index (χ4n) is 1.71. The van der Waals surface area contributed by atoms with Crippen LogP contribution >= 0.6 is 0 Å². The number of methoxy groups -OCH3 is 1. The summed E-state index contributed by atoms with van der Waals surface area (Å²) in [5, 5.41) is 2.99. The van der Waals surface area contributed by atoms with Crippen LogP contribution in [0.4, 0.5) is 14.7 Å². The molecule has 0 fully saturated rings. The molecular weight excluding hydrogens is 252 g/mol. The van der Waals surface area contributed by atoms with Crippen LogP contribution in [0.25, 0.3) is 5.69 Å². The van der Waals surface area contributed by atoms with Crippen LogP contribution in [-0.4, -0.2) is 29.8 Å². The number of hydrogen-bond acceptors (Lipinski definition) is 3. The number of nitrogens with one attached hydrogen (secondary N) is 1. The van der Waals surface area contributed by atoms with Crippen LogP contribution in [0.15, 0.2) is 24.5 Å². The van der Waals surface area contributed by atoms with E-state index in [0.717, 1.165) is 6.07 Å². The standard InChI is InChI=1S/C13H15F2N3O/c1-9-7-11(15)12(8-10(9)14)18-5-3-16-13(18)17-4-6-19-2/h3,5,7-8H,4,6H2,1-2H3,(H,16,17). The molecule has 0 saturated heterocycles. The molecular formula is C13H15F2N3O. The van der Waals surface area contributed by atoms with E-state index in [-0.39, 0.29) is 11.3 Å². The second kappa shape index (κ2) is 5.79. The van der Waals surface area contributed by atoms with Crippen molar-refractivity contribution >= 4 is 5.95 Å². The lowest BCUT2D eigenvalue weighted by Crippen LogP contribution is -2.12. The number of anilines is 1. The van der Waals surface area contributed by atoms with Crippen molar-refractivity contribution in [1.82, 2.24) is 9.55 Å². The summed E-state index contributed by atoms with van der Waals surface area (Å²) < 4.78 is 33.8. The summed E-state index contributed by atoms with van der Waals surface area (Å²) in [5.74, 6) is -0.501. The second-order valence-corrected chi connectivity index (χ2v) is 4.09. The number of benzene rings is 1. The molecule has 0 unspecified atom stereocenters. The Kier molecular flexibility index (Phi) is 4.11. The fourth-order valence-corrected chi connectivity index (χ4v) is 1.71. The number of halogens is 2. The summed E-state index contributed by atoms with van der Waals surface area (Å²) in [5.41, 5.74) is 0.399. The van der Waals surface area contributed by atoms with Crippen molar-refractivity contribution in [2.75, 3.05) is 25.6 Å². The normalized spacial score (nSPS) is 10.7. The number of imidazole rings is 1. The molecule has 0 aliphatic carbocycles. The summed E-state index contributed by atoms with van der Waals surface area (Å²) in [4.78, 5) is 4.06. The van der Waals surface area contributed by atoms with Gasteiger partial charge in [-0.3, -0.25) is 4.57 Å². The predicted octanol–water partition coefficient (Wildman–Crippen LogP) is 2.52. The minimum atomic E-state index is -0.494. The van der Waals surface area contributed by atoms with Gasteiger partial charge in [-0.15, -0.1) is 0 Å². The van der Waals surface area contributed by atoms with E-state index in [2.05, 4.69) is 10.3 Å². The first-order valence-corrected chi connectivity index (χ1v) is 5.85. The van der Waals surface area contributed by atoms with Gasteiger partial charge in [-0.25, -0.2) is 13.8 Å². The number of nitrogens with zero attached hydrogens (tertiary/aromatic N) is 2. The third kappa shape index (κ3) is 2.90. The Hall–Kier alpha value is -1.95. The van der Waals surface area contributed by atoms with Crippen LogP contribution < -0.4 is 5.32 Å². The Morgan fingerprint density at radius 2 is 2.11 bits per heavy atom. The van der Waals surface area contributed by atoms with Crippen molar-refractivity contribution in [3.8, 4) is 5.69 Å². The first-order chi connectivity index (χ1) is 9.13. The molecule has 1 heterocycles. The van der Waals surface area contributed by atoms with E-state index in [1.807, 2.05) is 0 Å². The van der Waals surface area contributed by atoms with Gasteiger partial charge in [0.15, 0.2) is 0 Å². The highest BCUT2D eigenvalue weighted by Gasteiger charge is 2.12. The smallest absolute Gasteiger partial charge is 0.207 e. The number of ether oxygens (including phenoxy) is 1. The average molecular weight is 267 g/mol. The maximum atomic E-state index is 13.9. The van der Waals surface area contributed by atoms with E-state index < -0.39 is 11.6 Å². The van der Waals surface area contributed by atoms with Gasteiger partial charge in [-0.05, 0) is 18.6 Å². The highest BCUT2D eigenvalue weighted by molar-refractivity contribution is 5.44. The zero-order valence-electron chi connectivity index (χ0n) is 10.8. The van der Waals surface area contributed by atoms with Gasteiger partial charge in [-0.1, -0.05) is 0 Å². The van der Waals surface area contributed by atoms with Crippen molar-refractivity contribution < 1.29 is 13.5 Å². The third-order valence-electron chi connectivity index (χ3n) is 2.72. The van der Waals surface area contributed by atoms with Crippen molar-refractivity contribution in [2.45, 2.75) is 6.92 Å². The van der Waals surface area contributed by atoms with Gasteiger partial charge in [0, 0.05) is 32.1 Å². The molecule has 0 amide bonds. The topological polar surface area (TPSA) is 39.1 Å². The van der Waals surface area contributed by atoms with Gasteiger partial charge in [0.1, 0.15) is 11.6 Å². The Morgan fingerprint density at radius 1 is 1.32 bits per heavy atom. The Morgan fingerprint density at radius 3 is 2.84 bits per heavy atom. The van der Waals surface area contributed by atoms with Gasteiger partial charge in [-0.2, -0.15) is 0 Å². The maximum absolute atomic E-state index is 13.9. The van der Waals surface area contributed by atoms with Crippen LogP contribution in [0.3, 0.4) is 0 Å². The minimum absolute atomic E-state index is 0.125. The largest absolute Gasteiger partial charge is 0.383 e. The van der Waals surface area contributed by atoms with Gasteiger partial charge in [0.2, 0.25) is 5.95 Å². The zero-order chi connectivity index (χ0) is 13.8. The Labute approximate surface area is 110 Å². The number of rotatable bonds is 5. The molecule has 1 N–H and O–H groups in total. The minimum Gasteiger partial charge on any atom is -0.383 e. The van der Waals surface area contributed by atoms with Crippen LogP contribution in [0, 0.1) is 18.6 Å². The molecule has 1 aromatic carbocycles. The lowest BCUT2D eigenvalue weighted by molar-refractivity contribution is 0.210. The average Bonchev–Trinajstić information content (AvgIpc) is 2.82. The summed E-state index contributed by atoms with van der Waals surface area (Å²) in [7, 11) is 1.59. The molecule has 0 saturated carbocycles. The van der Waals surface area contributed by atoms with Gasteiger partial charge >= 0.3 is 0 Å². The predicted molar refractivity (Wildman–Crippen MR) is 68.6 cm³/mol. The molecule has 102 valence electrons. The highest BCUT2D eigenvalue weighted by atomic mass is 19.1. The van der Waals surface area contributed by atoms with Gasteiger partial charge in [0.25, 0.3) is 0 Å². The summed E-state index contributed by atoms with van der Waals surface area (Å²) in [6.45, 7) is 2.55. The molecule has 2 aromatic rings. The number of aromatic nitrogens is 2. The van der Waals surface area contributed by atoms with Crippen molar-refractivity contribution in [2.24, 2.45) is 0 Å². The van der Waals surface area contributed by atoms with E-state index in [1.54, 1.807) is 13.3 Å². The van der Waals surface area contributed by atoms with Crippen molar-refractivity contribution in [3.05, 3.63) is 41.7 Å². The second-order valence-electron chi connectivity index (χ2n) is 4.09. The van der Waals surface area contributed by atoms with Crippen molar-refractivity contribution in [3.63, 3.8) is 0 Å². The quantitative estimate of drug-likeness (QED) is 0.846. The molecule has 19 heavy (non-hydrogen) atoms. The molecule has 0 bridgehead atoms. The van der Waals surface area contributed by atoms with Crippen molar-refractivity contribution in [1.29, 1.82) is 0 Å². The van der Waals surface area contributed by atoms with Crippen LogP contribution in [0.1, 0.15) is 5.56 Å². The lowest BCUT2D eigenvalue weighted by atomic mass is 10.2.